The number of nitriles is 1. The number of halogens is 1. The van der Waals surface area contributed by atoms with Gasteiger partial charge in [0.05, 0.1) is 16.5 Å². The van der Waals surface area contributed by atoms with E-state index in [9.17, 15) is 19.6 Å². The maximum Gasteiger partial charge on any atom is 0.253 e. The number of hydrogen-bond donors (Lipinski definition) is 1. The minimum Gasteiger partial charge on any atom is -0.371 e. The molecule has 6 fully saturated rings. The number of nitrogens with one attached hydrogen (secondary N) is 1. The first-order chi connectivity index (χ1) is 27.6. The lowest BCUT2D eigenvalue weighted by Crippen LogP contribution is -2.59. The lowest BCUT2D eigenvalue weighted by molar-refractivity contribution is -0.134. The molecule has 2 atom stereocenters. The molecule has 10 nitrogen and oxygen atoms in total. The number of amides is 3. The molecule has 11 heteroatoms. The number of benzene rings is 3. The fourth-order valence-electron chi connectivity index (χ4n) is 11.1. The Labute approximate surface area is 341 Å². The molecule has 9 rings (SSSR count). The Kier molecular flexibility index (Phi) is 10.2. The van der Waals surface area contributed by atoms with Gasteiger partial charge in [-0.2, -0.15) is 5.26 Å². The van der Waals surface area contributed by atoms with Gasteiger partial charge in [-0.3, -0.25) is 24.6 Å². The molecular formula is C46H54ClN7O3. The number of carbonyl (C=O) groups excluding carboxylic acids is 3. The zero-order chi connectivity index (χ0) is 39.3. The smallest absolute Gasteiger partial charge is 0.253 e. The predicted octanol–water partition coefficient (Wildman–Crippen LogP) is 6.82. The van der Waals surface area contributed by atoms with Crippen molar-refractivity contribution in [2.75, 3.05) is 73.6 Å². The summed E-state index contributed by atoms with van der Waals surface area (Å²) in [6.45, 7) is 11.1. The van der Waals surface area contributed by atoms with Crippen LogP contribution in [0.25, 0.3) is 0 Å². The fourth-order valence-corrected chi connectivity index (χ4v) is 11.3. The number of carbonyl (C=O) groups is 3. The molecule has 3 aromatic rings. The van der Waals surface area contributed by atoms with Crippen LogP contribution in [-0.2, 0) is 9.59 Å². The van der Waals surface area contributed by atoms with Crippen molar-refractivity contribution in [3.63, 3.8) is 0 Å². The minimum atomic E-state index is -0.241. The monoisotopic (exact) mass is 787 g/mol. The zero-order valence-electron chi connectivity index (χ0n) is 33.1. The van der Waals surface area contributed by atoms with Crippen LogP contribution >= 0.6 is 11.6 Å². The highest BCUT2D eigenvalue weighted by atomic mass is 35.5. The van der Waals surface area contributed by atoms with Crippen LogP contribution in [0.4, 0.5) is 17.1 Å². The van der Waals surface area contributed by atoms with E-state index < -0.39 is 0 Å². The van der Waals surface area contributed by atoms with Gasteiger partial charge in [-0.15, -0.1) is 0 Å². The minimum absolute atomic E-state index is 0.161. The van der Waals surface area contributed by atoms with Crippen molar-refractivity contribution in [3.8, 4) is 6.07 Å². The van der Waals surface area contributed by atoms with Gasteiger partial charge in [0, 0.05) is 100 Å². The molecule has 5 aliphatic heterocycles. The summed E-state index contributed by atoms with van der Waals surface area (Å²) in [5.41, 5.74) is 6.45. The molecule has 1 saturated carbocycles. The van der Waals surface area contributed by atoms with Gasteiger partial charge in [-0.1, -0.05) is 23.7 Å². The molecule has 5 saturated heterocycles. The van der Waals surface area contributed by atoms with Crippen molar-refractivity contribution in [2.45, 2.75) is 82.7 Å². The van der Waals surface area contributed by atoms with Crippen LogP contribution in [0.5, 0.6) is 0 Å². The van der Waals surface area contributed by atoms with E-state index in [4.69, 9.17) is 11.6 Å². The highest BCUT2D eigenvalue weighted by Crippen LogP contribution is 2.51. The van der Waals surface area contributed by atoms with E-state index in [2.05, 4.69) is 79.2 Å². The number of piperidine rings is 3. The van der Waals surface area contributed by atoms with Crippen LogP contribution in [0.2, 0.25) is 5.02 Å². The summed E-state index contributed by atoms with van der Waals surface area (Å²) < 4.78 is 0. The first kappa shape index (κ1) is 38.0. The first-order valence-electron chi connectivity index (χ1n) is 21.1. The van der Waals surface area contributed by atoms with Gasteiger partial charge in [0.1, 0.15) is 6.07 Å². The number of nitrogens with zero attached hydrogens (tertiary/aromatic N) is 6. The van der Waals surface area contributed by atoms with E-state index in [1.54, 1.807) is 0 Å². The molecule has 2 unspecified atom stereocenters. The van der Waals surface area contributed by atoms with Crippen molar-refractivity contribution in [1.82, 2.24) is 15.1 Å². The molecule has 298 valence electrons. The Morgan fingerprint density at radius 3 is 2.02 bits per heavy atom. The van der Waals surface area contributed by atoms with Gasteiger partial charge in [-0.05, 0) is 129 Å². The number of anilines is 3. The fraction of sp³-hybridized carbons (Fsp3) is 0.522. The van der Waals surface area contributed by atoms with E-state index in [1.165, 1.54) is 24.2 Å². The molecule has 0 bridgehead atoms. The molecule has 5 heterocycles. The second kappa shape index (κ2) is 15.3. The molecule has 2 spiro atoms. The normalized spacial score (nSPS) is 25.1. The summed E-state index contributed by atoms with van der Waals surface area (Å²) in [6, 6.07) is 25.8. The van der Waals surface area contributed by atoms with Gasteiger partial charge >= 0.3 is 0 Å². The van der Waals surface area contributed by atoms with Crippen molar-refractivity contribution in [1.29, 1.82) is 5.26 Å². The molecule has 6 aliphatic rings. The molecule has 1 aliphatic carbocycles. The zero-order valence-corrected chi connectivity index (χ0v) is 33.9. The highest BCUT2D eigenvalue weighted by molar-refractivity contribution is 6.32. The summed E-state index contributed by atoms with van der Waals surface area (Å²) in [5, 5.41) is 12.3. The van der Waals surface area contributed by atoms with Gasteiger partial charge in [0.15, 0.2) is 0 Å². The Bertz CT molecular complexity index is 2030. The molecule has 0 radical (unpaired) electrons. The van der Waals surface area contributed by atoms with Gasteiger partial charge in [-0.25, -0.2) is 0 Å². The third-order valence-corrected chi connectivity index (χ3v) is 15.0. The third-order valence-electron chi connectivity index (χ3n) is 14.7. The summed E-state index contributed by atoms with van der Waals surface area (Å²) in [6.07, 6.45) is 9.07. The van der Waals surface area contributed by atoms with Gasteiger partial charge in [0.25, 0.3) is 5.91 Å². The third kappa shape index (κ3) is 7.49. The van der Waals surface area contributed by atoms with Gasteiger partial charge < -0.3 is 19.6 Å². The summed E-state index contributed by atoms with van der Waals surface area (Å²) in [7, 11) is 0. The van der Waals surface area contributed by atoms with E-state index in [-0.39, 0.29) is 29.1 Å². The maximum atomic E-state index is 13.6. The van der Waals surface area contributed by atoms with Crippen molar-refractivity contribution >= 4 is 46.4 Å². The van der Waals surface area contributed by atoms with E-state index in [0.717, 1.165) is 108 Å². The second-order valence-corrected chi connectivity index (χ2v) is 18.4. The van der Waals surface area contributed by atoms with E-state index >= 15 is 0 Å². The van der Waals surface area contributed by atoms with Crippen molar-refractivity contribution in [2.24, 2.45) is 10.8 Å². The van der Waals surface area contributed by atoms with E-state index in [1.807, 2.05) is 30.3 Å². The first-order valence-corrected chi connectivity index (χ1v) is 21.5. The SMILES string of the molecule is CC1CC2(CCN(c3ccc(C(=O)N4CCC5(CC4)CC(N4CCN(c6ccc(C7CCC(=O)NC7=O)cc6)CC4)C5)cc3)CC2)CN1c1ccc(C#N)c(Cl)c1. The summed E-state index contributed by atoms with van der Waals surface area (Å²) in [4.78, 5) is 49.6. The van der Waals surface area contributed by atoms with E-state index in [0.29, 0.717) is 40.9 Å². The number of piperazine rings is 1. The van der Waals surface area contributed by atoms with Crippen molar-refractivity contribution in [3.05, 3.63) is 88.4 Å². The average Bonchev–Trinajstić information content (AvgIpc) is 3.55. The topological polar surface area (TPSA) is 103 Å². The number of imide groups is 1. The van der Waals surface area contributed by atoms with Gasteiger partial charge in [0.2, 0.25) is 11.8 Å². The Morgan fingerprint density at radius 1 is 0.772 bits per heavy atom. The largest absolute Gasteiger partial charge is 0.371 e. The summed E-state index contributed by atoms with van der Waals surface area (Å²) >= 11 is 6.39. The van der Waals surface area contributed by atoms with Crippen molar-refractivity contribution < 1.29 is 14.4 Å². The van der Waals surface area contributed by atoms with Crippen LogP contribution in [0.15, 0.2) is 66.7 Å². The maximum absolute atomic E-state index is 13.6. The molecule has 1 N–H and O–H groups in total. The lowest BCUT2D eigenvalue weighted by Gasteiger charge is -2.56. The molecule has 3 aromatic carbocycles. The molecule has 0 aromatic heterocycles. The predicted molar refractivity (Wildman–Crippen MR) is 224 cm³/mol. The standard InChI is InChI=1S/C46H54ClN7O3/c1-32-27-46(31-54(32)38-11-6-35(30-48)41(47)26-38)16-18-50(19-17-46)36-9-4-34(5-10-36)44(57)53-20-14-45(15-21-53)28-39(29-45)52-24-22-51(23-25-52)37-7-2-33(3-8-37)40-12-13-42(55)49-43(40)56/h2-11,26,32,39-40H,12-25,27-29,31H2,1H3,(H,49,55,56). The van der Waals surface area contributed by atoms with Crippen LogP contribution in [0, 0.1) is 22.2 Å². The summed E-state index contributed by atoms with van der Waals surface area (Å²) in [5.74, 6) is -0.438. The Hall–Kier alpha value is -4.59. The molecular weight excluding hydrogens is 734 g/mol. The van der Waals surface area contributed by atoms with Crippen LogP contribution in [-0.4, -0.2) is 98.5 Å². The Morgan fingerprint density at radius 2 is 1.39 bits per heavy atom. The average molecular weight is 788 g/mol. The Balaban J connectivity index is 0.708. The van der Waals surface area contributed by atoms with Crippen LogP contribution in [0.1, 0.15) is 92.1 Å². The quantitative estimate of drug-likeness (QED) is 0.272. The highest BCUT2D eigenvalue weighted by Gasteiger charge is 2.49. The number of likely N-dealkylation sites (tertiary alicyclic amines) is 1. The van der Waals surface area contributed by atoms with Crippen LogP contribution < -0.4 is 20.0 Å². The number of hydrogen-bond acceptors (Lipinski definition) is 8. The molecule has 3 amide bonds. The number of rotatable bonds is 6. The lowest BCUT2D eigenvalue weighted by atomic mass is 9.60. The van der Waals surface area contributed by atoms with Crippen LogP contribution in [0.3, 0.4) is 0 Å². The second-order valence-electron chi connectivity index (χ2n) is 18.0. The molecule has 57 heavy (non-hydrogen) atoms.